The Morgan fingerprint density at radius 3 is 2.51 bits per heavy atom. The maximum atomic E-state index is 15.2. The molecule has 2 aliphatic carbocycles. The van der Waals surface area contributed by atoms with Gasteiger partial charge in [-0.25, -0.2) is 14.0 Å². The summed E-state index contributed by atoms with van der Waals surface area (Å²) < 4.78 is 26.1. The molecular weight excluding hydrogens is 529 g/mol. The van der Waals surface area contributed by atoms with Crippen molar-refractivity contribution in [3.8, 4) is 17.2 Å². The van der Waals surface area contributed by atoms with E-state index < -0.39 is 29.0 Å². The molecule has 1 N–H and O–H groups in total. The number of rotatable bonds is 6. The van der Waals surface area contributed by atoms with Crippen LogP contribution in [-0.2, 0) is 19.7 Å². The second-order valence-corrected chi connectivity index (χ2v) is 12.3. The topological polar surface area (TPSA) is 125 Å². The quantitative estimate of drug-likeness (QED) is 0.565. The van der Waals surface area contributed by atoms with Gasteiger partial charge in [0.2, 0.25) is 5.91 Å². The maximum absolute atomic E-state index is 15.2. The highest BCUT2D eigenvalue weighted by Gasteiger charge is 2.71. The number of carbonyl (C=O) groups excluding carboxylic acids is 3. The second kappa shape index (κ2) is 9.72. The van der Waals surface area contributed by atoms with Gasteiger partial charge in [0.15, 0.2) is 0 Å². The number of nitriles is 1. The fourth-order valence-electron chi connectivity index (χ4n) is 5.96. The van der Waals surface area contributed by atoms with Crippen molar-refractivity contribution in [2.75, 3.05) is 31.1 Å². The smallest absolute Gasteiger partial charge is 0.414 e. The van der Waals surface area contributed by atoms with Gasteiger partial charge in [-0.15, -0.1) is 0 Å². The van der Waals surface area contributed by atoms with E-state index in [0.29, 0.717) is 35.6 Å². The van der Waals surface area contributed by atoms with Crippen LogP contribution in [-0.4, -0.2) is 65.9 Å². The first-order valence-electron chi connectivity index (χ1n) is 13.9. The van der Waals surface area contributed by atoms with Crippen LogP contribution in [0.1, 0.15) is 39.3 Å². The number of hydrogen-bond donors (Lipinski definition) is 1. The molecule has 2 saturated carbocycles. The summed E-state index contributed by atoms with van der Waals surface area (Å²) in [5.74, 6) is -0.539. The molecule has 0 spiro atoms. The van der Waals surface area contributed by atoms with Gasteiger partial charge in [0, 0.05) is 48.2 Å². The van der Waals surface area contributed by atoms with Gasteiger partial charge in [-0.05, 0) is 57.9 Å². The normalized spacial score (nSPS) is 26.7. The number of ether oxygens (including phenoxy) is 2. The van der Waals surface area contributed by atoms with Gasteiger partial charge in [-0.3, -0.25) is 14.7 Å². The summed E-state index contributed by atoms with van der Waals surface area (Å²) in [6.45, 7) is 6.75. The minimum atomic E-state index is -0.774. The summed E-state index contributed by atoms with van der Waals surface area (Å²) in [5.41, 5.74) is 0.461. The first kappa shape index (κ1) is 27.0. The van der Waals surface area contributed by atoms with Crippen LogP contribution < -0.4 is 10.2 Å². The van der Waals surface area contributed by atoms with Crippen LogP contribution >= 0.6 is 0 Å². The Kier molecular flexibility index (Phi) is 6.40. The van der Waals surface area contributed by atoms with E-state index in [4.69, 9.17) is 9.47 Å². The van der Waals surface area contributed by atoms with Crippen LogP contribution in [0.3, 0.4) is 0 Å². The number of amides is 3. The summed E-state index contributed by atoms with van der Waals surface area (Å²) in [6.07, 6.45) is 1.86. The van der Waals surface area contributed by atoms with Crippen LogP contribution in [0, 0.1) is 34.9 Å². The number of likely N-dealkylation sites (tertiary alicyclic amines) is 1. The summed E-state index contributed by atoms with van der Waals surface area (Å²) >= 11 is 0. The zero-order valence-electron chi connectivity index (χ0n) is 23.2. The van der Waals surface area contributed by atoms with Crippen molar-refractivity contribution in [1.82, 2.24) is 15.2 Å². The van der Waals surface area contributed by atoms with Crippen LogP contribution in [0.2, 0.25) is 0 Å². The third-order valence-electron chi connectivity index (χ3n) is 8.31. The molecule has 10 nitrogen and oxygen atoms in total. The number of nitrogens with one attached hydrogen (secondary N) is 1. The van der Waals surface area contributed by atoms with Gasteiger partial charge in [0.05, 0.1) is 30.5 Å². The highest BCUT2D eigenvalue weighted by Crippen LogP contribution is 2.62. The molecule has 4 atom stereocenters. The number of anilines is 1. The predicted octanol–water partition coefficient (Wildman–Crippen LogP) is 4.00. The van der Waals surface area contributed by atoms with Crippen molar-refractivity contribution in [1.29, 1.82) is 5.26 Å². The zero-order valence-corrected chi connectivity index (χ0v) is 23.2. The number of halogens is 1. The molecule has 1 aromatic heterocycles. The zero-order chi connectivity index (χ0) is 29.1. The number of carbonyl (C=O) groups is 3. The van der Waals surface area contributed by atoms with Gasteiger partial charge < -0.3 is 19.7 Å². The lowest BCUT2D eigenvalue weighted by molar-refractivity contribution is -0.122. The number of pyridine rings is 1. The van der Waals surface area contributed by atoms with E-state index in [9.17, 15) is 19.6 Å². The molecule has 0 bridgehead atoms. The van der Waals surface area contributed by atoms with Gasteiger partial charge in [-0.2, -0.15) is 5.26 Å². The van der Waals surface area contributed by atoms with E-state index in [1.807, 2.05) is 20.8 Å². The second-order valence-electron chi connectivity index (χ2n) is 12.3. The van der Waals surface area contributed by atoms with Gasteiger partial charge in [0.1, 0.15) is 22.9 Å². The van der Waals surface area contributed by atoms with Crippen LogP contribution in [0.4, 0.5) is 19.7 Å². The van der Waals surface area contributed by atoms with Crippen molar-refractivity contribution < 1.29 is 28.2 Å². The fourth-order valence-corrected chi connectivity index (χ4v) is 5.96. The van der Waals surface area contributed by atoms with Crippen molar-refractivity contribution in [3.63, 3.8) is 0 Å². The molecule has 4 fully saturated rings. The van der Waals surface area contributed by atoms with E-state index in [2.05, 4.69) is 16.4 Å². The first-order chi connectivity index (χ1) is 19.5. The molecule has 11 heteroatoms. The molecule has 0 unspecified atom stereocenters. The first-order valence-corrected chi connectivity index (χ1v) is 13.9. The molecule has 2 saturated heterocycles. The fraction of sp³-hybridized carbons (Fsp3) is 0.500. The van der Waals surface area contributed by atoms with Crippen molar-refractivity contribution in [3.05, 3.63) is 48.0 Å². The summed E-state index contributed by atoms with van der Waals surface area (Å²) in [6, 6.07) is 10.4. The molecule has 41 heavy (non-hydrogen) atoms. The molecule has 3 amide bonds. The lowest BCUT2D eigenvalue weighted by Gasteiger charge is -2.27. The van der Waals surface area contributed by atoms with Gasteiger partial charge in [-0.1, -0.05) is 6.07 Å². The average molecular weight is 562 g/mol. The summed E-state index contributed by atoms with van der Waals surface area (Å²) in [5, 5.41) is 12.9. The predicted molar refractivity (Wildman–Crippen MR) is 145 cm³/mol. The summed E-state index contributed by atoms with van der Waals surface area (Å²) in [7, 11) is 0. The number of piperidine rings is 1. The Morgan fingerprint density at radius 2 is 1.93 bits per heavy atom. The SMILES string of the molecule is CC(C)(C)OC(=O)N1C[C@@H]2[C@H](C1)[C@@]2(C#N)c1ccc(-c2ccc(N3C[C@H](CNC(=O)C4CC4)OC3=O)cc2F)cn1. The van der Waals surface area contributed by atoms with E-state index in [1.165, 1.54) is 11.0 Å². The van der Waals surface area contributed by atoms with Crippen molar-refractivity contribution >= 4 is 23.8 Å². The van der Waals surface area contributed by atoms with Crippen LogP contribution in [0.5, 0.6) is 0 Å². The Balaban J connectivity index is 1.10. The average Bonchev–Trinajstić information content (AvgIpc) is 3.79. The lowest BCUT2D eigenvalue weighted by Crippen LogP contribution is -2.39. The third-order valence-corrected chi connectivity index (χ3v) is 8.31. The minimum absolute atomic E-state index is 0.0251. The maximum Gasteiger partial charge on any atom is 0.414 e. The highest BCUT2D eigenvalue weighted by molar-refractivity contribution is 5.90. The van der Waals surface area contributed by atoms with E-state index in [0.717, 1.165) is 12.8 Å². The Hall–Kier alpha value is -4.20. The van der Waals surface area contributed by atoms with Crippen LogP contribution in [0.15, 0.2) is 36.5 Å². The Morgan fingerprint density at radius 1 is 1.20 bits per heavy atom. The Bertz CT molecular complexity index is 1430. The number of hydrogen-bond acceptors (Lipinski definition) is 7. The number of aromatic nitrogens is 1. The highest BCUT2D eigenvalue weighted by atomic mass is 19.1. The van der Waals surface area contributed by atoms with E-state index >= 15 is 4.39 Å². The minimum Gasteiger partial charge on any atom is -0.444 e. The Labute approximate surface area is 237 Å². The standard InChI is InChI=1S/C30H32FN5O5/c1-29(2,3)41-27(38)35-14-22-23(15-35)30(22,16-32)25-9-6-18(11-33-25)21-8-7-19(10-24(21)31)36-13-20(40-28(36)39)12-34-26(37)17-4-5-17/h6-11,17,20,22-23H,4-5,12-15H2,1-3H3,(H,34,37)/t20-,22-,23+,30+/m0/s1. The monoisotopic (exact) mass is 561 g/mol. The van der Waals surface area contributed by atoms with Gasteiger partial charge in [0.25, 0.3) is 0 Å². The van der Waals surface area contributed by atoms with E-state index in [1.54, 1.807) is 35.4 Å². The molecule has 214 valence electrons. The molecular formula is C30H32FN5O5. The number of benzene rings is 1. The molecule has 0 radical (unpaired) electrons. The van der Waals surface area contributed by atoms with Crippen LogP contribution in [0.25, 0.3) is 11.1 Å². The van der Waals surface area contributed by atoms with E-state index in [-0.39, 0.29) is 42.8 Å². The number of fused-ring (bicyclic) bond motifs is 1. The molecule has 2 aliphatic heterocycles. The number of cyclic esters (lactones) is 1. The number of nitrogens with zero attached hydrogens (tertiary/aromatic N) is 4. The third kappa shape index (κ3) is 4.96. The largest absolute Gasteiger partial charge is 0.444 e. The molecule has 1 aromatic carbocycles. The van der Waals surface area contributed by atoms with Gasteiger partial charge >= 0.3 is 12.2 Å². The molecule has 2 aromatic rings. The van der Waals surface area contributed by atoms with Crippen molar-refractivity contribution in [2.45, 2.75) is 50.7 Å². The molecule has 4 aliphatic rings. The molecule has 6 rings (SSSR count). The molecule has 3 heterocycles. The summed E-state index contributed by atoms with van der Waals surface area (Å²) in [4.78, 5) is 44.3. The van der Waals surface area contributed by atoms with Crippen molar-refractivity contribution in [2.24, 2.45) is 17.8 Å². The lowest BCUT2D eigenvalue weighted by atomic mass is 9.95.